The molecular formula is C20H18F3N3O2. The molecule has 5 nitrogen and oxygen atoms in total. The van der Waals surface area contributed by atoms with Crippen LogP contribution in [0, 0.1) is 0 Å². The summed E-state index contributed by atoms with van der Waals surface area (Å²) in [6.45, 7) is 2.66. The van der Waals surface area contributed by atoms with Crippen LogP contribution in [0.2, 0.25) is 0 Å². The minimum absolute atomic E-state index is 0.0858. The number of pyridine rings is 1. The Morgan fingerprint density at radius 3 is 2.46 bits per heavy atom. The van der Waals surface area contributed by atoms with Crippen molar-refractivity contribution in [1.29, 1.82) is 0 Å². The molecule has 0 N–H and O–H groups in total. The molecule has 146 valence electrons. The Hall–Kier alpha value is -2.87. The Kier molecular flexibility index (Phi) is 4.80. The number of ketones is 1. The van der Waals surface area contributed by atoms with E-state index in [4.69, 9.17) is 4.42 Å². The Labute approximate surface area is 159 Å². The van der Waals surface area contributed by atoms with E-state index in [0.717, 1.165) is 17.6 Å². The molecule has 0 spiro atoms. The monoisotopic (exact) mass is 389 g/mol. The summed E-state index contributed by atoms with van der Waals surface area (Å²) in [5.74, 6) is 0.765. The SMILES string of the molecule is O=C(CN1CCN(c2ccc(C(F)(F)F)cn2)CC1)c1cc2ccccc2o1. The van der Waals surface area contributed by atoms with Crippen LogP contribution in [0.15, 0.2) is 53.1 Å². The summed E-state index contributed by atoms with van der Waals surface area (Å²) in [6, 6.07) is 11.6. The van der Waals surface area contributed by atoms with E-state index in [1.165, 1.54) is 6.07 Å². The first-order valence-electron chi connectivity index (χ1n) is 8.92. The Morgan fingerprint density at radius 2 is 1.82 bits per heavy atom. The fourth-order valence-corrected chi connectivity index (χ4v) is 3.28. The second-order valence-corrected chi connectivity index (χ2v) is 6.74. The molecule has 0 atom stereocenters. The van der Waals surface area contributed by atoms with Gasteiger partial charge in [-0.05, 0) is 24.3 Å². The second-order valence-electron chi connectivity index (χ2n) is 6.74. The quantitative estimate of drug-likeness (QED) is 0.635. The number of alkyl halides is 3. The van der Waals surface area contributed by atoms with Crippen LogP contribution in [-0.4, -0.2) is 48.4 Å². The van der Waals surface area contributed by atoms with Gasteiger partial charge < -0.3 is 9.32 Å². The van der Waals surface area contributed by atoms with Crippen molar-refractivity contribution in [3.63, 3.8) is 0 Å². The van der Waals surface area contributed by atoms with Crippen molar-refractivity contribution in [2.45, 2.75) is 6.18 Å². The molecule has 0 aliphatic carbocycles. The minimum Gasteiger partial charge on any atom is -0.453 e. The number of furan rings is 1. The van der Waals surface area contributed by atoms with Gasteiger partial charge in [-0.1, -0.05) is 18.2 Å². The van der Waals surface area contributed by atoms with Gasteiger partial charge in [0.1, 0.15) is 11.4 Å². The van der Waals surface area contributed by atoms with Gasteiger partial charge in [0.05, 0.1) is 12.1 Å². The third-order valence-electron chi connectivity index (χ3n) is 4.84. The van der Waals surface area contributed by atoms with Gasteiger partial charge in [-0.2, -0.15) is 13.2 Å². The highest BCUT2D eigenvalue weighted by Gasteiger charge is 2.31. The van der Waals surface area contributed by atoms with Crippen LogP contribution < -0.4 is 4.90 Å². The number of carbonyl (C=O) groups is 1. The minimum atomic E-state index is -4.39. The highest BCUT2D eigenvalue weighted by atomic mass is 19.4. The maximum absolute atomic E-state index is 12.6. The van der Waals surface area contributed by atoms with Crippen molar-refractivity contribution in [3.05, 3.63) is 60.0 Å². The molecule has 4 rings (SSSR count). The number of fused-ring (bicyclic) bond motifs is 1. The number of nitrogens with zero attached hydrogens (tertiary/aromatic N) is 3. The lowest BCUT2D eigenvalue weighted by atomic mass is 10.2. The Morgan fingerprint density at radius 1 is 1.07 bits per heavy atom. The fraction of sp³-hybridized carbons (Fsp3) is 0.300. The van der Waals surface area contributed by atoms with Gasteiger partial charge >= 0.3 is 6.18 Å². The molecule has 2 aromatic heterocycles. The number of para-hydroxylation sites is 1. The second kappa shape index (κ2) is 7.27. The summed E-state index contributed by atoms with van der Waals surface area (Å²) in [6.07, 6.45) is -3.53. The van der Waals surface area contributed by atoms with Gasteiger partial charge in [-0.25, -0.2) is 4.98 Å². The number of hydrogen-bond donors (Lipinski definition) is 0. The molecule has 0 bridgehead atoms. The number of anilines is 1. The third kappa shape index (κ3) is 3.87. The number of hydrogen-bond acceptors (Lipinski definition) is 5. The van der Waals surface area contributed by atoms with Crippen molar-refractivity contribution in [1.82, 2.24) is 9.88 Å². The lowest BCUT2D eigenvalue weighted by Crippen LogP contribution is -2.48. The molecule has 1 aromatic carbocycles. The molecular weight excluding hydrogens is 371 g/mol. The van der Waals surface area contributed by atoms with Crippen LogP contribution in [0.5, 0.6) is 0 Å². The number of halogens is 3. The summed E-state index contributed by atoms with van der Waals surface area (Å²) in [5.41, 5.74) is -0.0737. The molecule has 3 aromatic rings. The average molecular weight is 389 g/mol. The smallest absolute Gasteiger partial charge is 0.417 e. The van der Waals surface area contributed by atoms with Gasteiger partial charge in [-0.3, -0.25) is 9.69 Å². The van der Waals surface area contributed by atoms with E-state index in [1.807, 2.05) is 34.1 Å². The first-order valence-corrected chi connectivity index (χ1v) is 8.92. The van der Waals surface area contributed by atoms with E-state index in [-0.39, 0.29) is 12.3 Å². The normalized spacial score (nSPS) is 15.9. The molecule has 0 saturated carbocycles. The van der Waals surface area contributed by atoms with Gasteiger partial charge in [0.2, 0.25) is 5.78 Å². The Bertz CT molecular complexity index is 941. The van der Waals surface area contributed by atoms with Crippen LogP contribution in [0.1, 0.15) is 16.1 Å². The van der Waals surface area contributed by atoms with Crippen LogP contribution in [0.3, 0.4) is 0 Å². The number of carbonyl (C=O) groups excluding carboxylic acids is 1. The third-order valence-corrected chi connectivity index (χ3v) is 4.84. The molecule has 0 radical (unpaired) electrons. The van der Waals surface area contributed by atoms with Gasteiger partial charge in [-0.15, -0.1) is 0 Å². The van der Waals surface area contributed by atoms with E-state index < -0.39 is 11.7 Å². The zero-order valence-electron chi connectivity index (χ0n) is 14.9. The van der Waals surface area contributed by atoms with E-state index in [0.29, 0.717) is 43.3 Å². The van der Waals surface area contributed by atoms with Gasteiger partial charge in [0, 0.05) is 37.8 Å². The van der Waals surface area contributed by atoms with Crippen molar-refractivity contribution in [3.8, 4) is 0 Å². The molecule has 1 aliphatic rings. The highest BCUT2D eigenvalue weighted by molar-refractivity contribution is 5.98. The number of rotatable bonds is 4. The van der Waals surface area contributed by atoms with Crippen LogP contribution in [-0.2, 0) is 6.18 Å². The molecule has 1 fully saturated rings. The highest BCUT2D eigenvalue weighted by Crippen LogP contribution is 2.29. The van der Waals surface area contributed by atoms with E-state index in [2.05, 4.69) is 4.98 Å². The standard InChI is InChI=1S/C20H18F3N3O2/c21-20(22,23)15-5-6-19(24-12-15)26-9-7-25(8-10-26)13-16(27)18-11-14-3-1-2-4-17(14)28-18/h1-6,11-12H,7-10,13H2. The maximum atomic E-state index is 12.6. The van der Waals surface area contributed by atoms with Crippen LogP contribution in [0.4, 0.5) is 19.0 Å². The van der Waals surface area contributed by atoms with Gasteiger partial charge in [0.25, 0.3) is 0 Å². The van der Waals surface area contributed by atoms with Gasteiger partial charge in [0.15, 0.2) is 5.76 Å². The zero-order chi connectivity index (χ0) is 19.7. The lowest BCUT2D eigenvalue weighted by Gasteiger charge is -2.34. The topological polar surface area (TPSA) is 49.6 Å². The fourth-order valence-electron chi connectivity index (χ4n) is 3.28. The lowest BCUT2D eigenvalue weighted by molar-refractivity contribution is -0.137. The molecule has 28 heavy (non-hydrogen) atoms. The number of Topliss-reactive ketones (excluding diaryl/α,β-unsaturated/α-hetero) is 1. The predicted octanol–water partition coefficient (Wildman–Crippen LogP) is 3.85. The number of benzene rings is 1. The van der Waals surface area contributed by atoms with Crippen LogP contribution in [0.25, 0.3) is 11.0 Å². The molecule has 3 heterocycles. The summed E-state index contributed by atoms with van der Waals surface area (Å²) in [4.78, 5) is 20.4. The van der Waals surface area contributed by atoms with Crippen molar-refractivity contribution >= 4 is 22.6 Å². The van der Waals surface area contributed by atoms with E-state index in [1.54, 1.807) is 6.07 Å². The molecule has 0 amide bonds. The molecule has 1 saturated heterocycles. The largest absolute Gasteiger partial charge is 0.453 e. The molecule has 1 aliphatic heterocycles. The average Bonchev–Trinajstić information content (AvgIpc) is 3.12. The van der Waals surface area contributed by atoms with Crippen molar-refractivity contribution < 1.29 is 22.4 Å². The van der Waals surface area contributed by atoms with E-state index >= 15 is 0 Å². The summed E-state index contributed by atoms with van der Waals surface area (Å²) in [5, 5.41) is 0.893. The predicted molar refractivity (Wildman–Crippen MR) is 98.4 cm³/mol. The van der Waals surface area contributed by atoms with Crippen LogP contribution >= 0.6 is 0 Å². The Balaban J connectivity index is 1.34. The summed E-state index contributed by atoms with van der Waals surface area (Å²) < 4.78 is 43.5. The number of piperazine rings is 1. The summed E-state index contributed by atoms with van der Waals surface area (Å²) in [7, 11) is 0. The van der Waals surface area contributed by atoms with Crippen molar-refractivity contribution in [2.24, 2.45) is 0 Å². The first kappa shape index (κ1) is 18.5. The van der Waals surface area contributed by atoms with Crippen molar-refractivity contribution in [2.75, 3.05) is 37.6 Å². The van der Waals surface area contributed by atoms with E-state index in [9.17, 15) is 18.0 Å². The molecule has 8 heteroatoms. The molecule has 0 unspecified atom stereocenters. The number of aromatic nitrogens is 1. The maximum Gasteiger partial charge on any atom is 0.417 e. The first-order chi connectivity index (χ1) is 13.4. The summed E-state index contributed by atoms with van der Waals surface area (Å²) >= 11 is 0. The zero-order valence-corrected chi connectivity index (χ0v) is 14.9.